The third-order valence-corrected chi connectivity index (χ3v) is 1.57. The summed E-state index contributed by atoms with van der Waals surface area (Å²) >= 11 is 4.40. The minimum absolute atomic E-state index is 0.145. The summed E-state index contributed by atoms with van der Waals surface area (Å²) in [4.78, 5) is 14.4. The molecule has 68 valence electrons. The van der Waals surface area contributed by atoms with Gasteiger partial charge in [-0.05, 0) is 25.1 Å². The van der Waals surface area contributed by atoms with Gasteiger partial charge in [0.1, 0.15) is 0 Å². The highest BCUT2D eigenvalue weighted by Gasteiger charge is 1.97. The van der Waals surface area contributed by atoms with Crippen LogP contribution in [0.5, 0.6) is 0 Å². The Kier molecular flexibility index (Phi) is 7.86. The summed E-state index contributed by atoms with van der Waals surface area (Å²) in [5.74, 6) is -0.145. The summed E-state index contributed by atoms with van der Waals surface area (Å²) in [5, 5.41) is 2.30. The van der Waals surface area contributed by atoms with Gasteiger partial charge < -0.3 is 4.74 Å². The van der Waals surface area contributed by atoms with Crippen molar-refractivity contribution in [2.75, 3.05) is 13.7 Å². The van der Waals surface area contributed by atoms with Crippen molar-refractivity contribution in [3.05, 3.63) is 0 Å². The molecule has 0 aliphatic rings. The van der Waals surface area contributed by atoms with Crippen LogP contribution in [-0.2, 0) is 9.53 Å². The Morgan fingerprint density at radius 3 is 2.83 bits per heavy atom. The van der Waals surface area contributed by atoms with Crippen LogP contribution in [0, 0.1) is 0 Å². The molecule has 12 heavy (non-hydrogen) atoms. The molecule has 0 aromatic rings. The zero-order chi connectivity index (χ0) is 9.23. The zero-order valence-electron chi connectivity index (χ0n) is 7.21. The average molecular weight is 187 g/mol. The number of nitrogens with zero attached hydrogens (tertiary/aromatic N) is 1. The number of carbonyl (C=O) groups excluding carboxylic acids is 1. The van der Waals surface area contributed by atoms with E-state index in [-0.39, 0.29) is 5.97 Å². The second kappa shape index (κ2) is 8.37. The summed E-state index contributed by atoms with van der Waals surface area (Å²) in [6.45, 7) is 0.713. The highest BCUT2D eigenvalue weighted by molar-refractivity contribution is 7.78. The van der Waals surface area contributed by atoms with E-state index in [4.69, 9.17) is 0 Å². The summed E-state index contributed by atoms with van der Waals surface area (Å²) in [7, 11) is 1.40. The van der Waals surface area contributed by atoms with E-state index in [9.17, 15) is 4.79 Å². The van der Waals surface area contributed by atoms with Crippen LogP contribution in [0.3, 0.4) is 0 Å². The highest BCUT2D eigenvalue weighted by atomic mass is 32.1. The van der Waals surface area contributed by atoms with E-state index in [2.05, 4.69) is 27.1 Å². The van der Waals surface area contributed by atoms with Gasteiger partial charge in [0.25, 0.3) is 0 Å². The smallest absolute Gasteiger partial charge is 0.305 e. The first-order valence-electron chi connectivity index (χ1n) is 3.91. The van der Waals surface area contributed by atoms with E-state index >= 15 is 0 Å². The van der Waals surface area contributed by atoms with Gasteiger partial charge in [0.15, 0.2) is 0 Å². The quantitative estimate of drug-likeness (QED) is 0.275. The monoisotopic (exact) mass is 187 g/mol. The summed E-state index contributed by atoms with van der Waals surface area (Å²) < 4.78 is 4.49. The largest absolute Gasteiger partial charge is 0.469 e. The molecule has 3 nitrogen and oxygen atoms in total. The number of unbranched alkanes of at least 4 members (excludes halogenated alkanes) is 2. The number of ether oxygens (including phenoxy) is 1. The Morgan fingerprint density at radius 2 is 2.25 bits per heavy atom. The van der Waals surface area contributed by atoms with Gasteiger partial charge in [0.2, 0.25) is 0 Å². The molecular formula is C8H13NO2S. The Morgan fingerprint density at radius 1 is 1.50 bits per heavy atom. The molecule has 0 aromatic heterocycles. The van der Waals surface area contributed by atoms with Gasteiger partial charge in [-0.3, -0.25) is 4.79 Å². The summed E-state index contributed by atoms with van der Waals surface area (Å²) in [5.41, 5.74) is 0. The Balaban J connectivity index is 3.10. The lowest BCUT2D eigenvalue weighted by atomic mass is 10.2. The number of rotatable bonds is 6. The Hall–Kier alpha value is -0.730. The van der Waals surface area contributed by atoms with Crippen LogP contribution in [-0.4, -0.2) is 24.8 Å². The summed E-state index contributed by atoms with van der Waals surface area (Å²) in [6.07, 6.45) is 3.30. The van der Waals surface area contributed by atoms with E-state index < -0.39 is 0 Å². The predicted octanol–water partition coefficient (Wildman–Crippen LogP) is 1.82. The number of esters is 1. The second-order valence-electron chi connectivity index (χ2n) is 2.36. The molecule has 0 aliphatic carbocycles. The fourth-order valence-corrected chi connectivity index (χ4v) is 0.876. The number of hydrogen-bond acceptors (Lipinski definition) is 4. The van der Waals surface area contributed by atoms with Crippen molar-refractivity contribution in [3.8, 4) is 0 Å². The van der Waals surface area contributed by atoms with Crippen molar-refractivity contribution in [1.29, 1.82) is 0 Å². The van der Waals surface area contributed by atoms with Gasteiger partial charge >= 0.3 is 5.97 Å². The minimum Gasteiger partial charge on any atom is -0.469 e. The molecule has 0 saturated heterocycles. The molecule has 4 heteroatoms. The van der Waals surface area contributed by atoms with Crippen molar-refractivity contribution in [2.24, 2.45) is 4.99 Å². The molecule has 0 aliphatic heterocycles. The van der Waals surface area contributed by atoms with Crippen molar-refractivity contribution in [3.63, 3.8) is 0 Å². The highest BCUT2D eigenvalue weighted by Crippen LogP contribution is 2.00. The van der Waals surface area contributed by atoms with E-state index in [1.807, 2.05) is 0 Å². The number of hydrogen-bond donors (Lipinski definition) is 0. The fourth-order valence-electron chi connectivity index (χ4n) is 0.785. The third kappa shape index (κ3) is 7.38. The van der Waals surface area contributed by atoms with Gasteiger partial charge in [0.05, 0.1) is 12.3 Å². The zero-order valence-corrected chi connectivity index (χ0v) is 8.02. The molecule has 0 bridgehead atoms. The van der Waals surface area contributed by atoms with Crippen molar-refractivity contribution < 1.29 is 9.53 Å². The molecule has 0 heterocycles. The standard InChI is InChI=1S/C8H13NO2S/c1-11-8(10)5-3-2-4-6-9-7-12/h2-6H2,1H3. The third-order valence-electron chi connectivity index (χ3n) is 1.44. The van der Waals surface area contributed by atoms with Gasteiger partial charge in [0, 0.05) is 13.0 Å². The van der Waals surface area contributed by atoms with E-state index in [1.165, 1.54) is 7.11 Å². The van der Waals surface area contributed by atoms with Crippen LogP contribution in [0.25, 0.3) is 0 Å². The maximum Gasteiger partial charge on any atom is 0.305 e. The normalized spacial score (nSPS) is 8.75. The molecule has 0 amide bonds. The number of thiocarbonyl (C=S) groups is 1. The van der Waals surface area contributed by atoms with Gasteiger partial charge in [-0.25, -0.2) is 4.99 Å². The molecule has 0 unspecified atom stereocenters. The van der Waals surface area contributed by atoms with Crippen LogP contribution in [0.4, 0.5) is 0 Å². The molecule has 0 rings (SSSR count). The molecule has 0 aromatic carbocycles. The van der Waals surface area contributed by atoms with Crippen LogP contribution in [0.15, 0.2) is 4.99 Å². The molecule has 0 saturated carbocycles. The van der Waals surface area contributed by atoms with Crippen molar-refractivity contribution in [1.82, 2.24) is 0 Å². The first kappa shape index (κ1) is 11.3. The minimum atomic E-state index is -0.145. The molecular weight excluding hydrogens is 174 g/mol. The van der Waals surface area contributed by atoms with Gasteiger partial charge in [-0.15, -0.1) is 0 Å². The Labute approximate surface area is 77.8 Å². The van der Waals surface area contributed by atoms with Crippen LogP contribution >= 0.6 is 12.2 Å². The topological polar surface area (TPSA) is 38.7 Å². The van der Waals surface area contributed by atoms with E-state index in [0.717, 1.165) is 19.3 Å². The van der Waals surface area contributed by atoms with Crippen LogP contribution < -0.4 is 0 Å². The maximum absolute atomic E-state index is 10.6. The lowest BCUT2D eigenvalue weighted by Gasteiger charge is -1.97. The first-order valence-corrected chi connectivity index (χ1v) is 4.32. The number of carbonyl (C=O) groups is 1. The van der Waals surface area contributed by atoms with Gasteiger partial charge in [-0.1, -0.05) is 6.42 Å². The van der Waals surface area contributed by atoms with Crippen molar-refractivity contribution in [2.45, 2.75) is 25.7 Å². The predicted molar refractivity (Wildman–Crippen MR) is 50.4 cm³/mol. The van der Waals surface area contributed by atoms with Crippen molar-refractivity contribution >= 4 is 23.3 Å². The van der Waals surface area contributed by atoms with Crippen LogP contribution in [0.2, 0.25) is 0 Å². The first-order chi connectivity index (χ1) is 5.81. The molecule has 0 fully saturated rings. The maximum atomic E-state index is 10.6. The molecule has 0 N–H and O–H groups in total. The number of isothiocyanates is 1. The van der Waals surface area contributed by atoms with E-state index in [0.29, 0.717) is 13.0 Å². The number of aliphatic imine (C=N–C) groups is 1. The van der Waals surface area contributed by atoms with Crippen LogP contribution in [0.1, 0.15) is 25.7 Å². The van der Waals surface area contributed by atoms with Gasteiger partial charge in [-0.2, -0.15) is 0 Å². The molecule has 0 spiro atoms. The SMILES string of the molecule is COC(=O)CCCCCN=C=S. The summed E-state index contributed by atoms with van der Waals surface area (Å²) in [6, 6.07) is 0. The average Bonchev–Trinajstić information content (AvgIpc) is 2.10. The molecule has 0 radical (unpaired) electrons. The fraction of sp³-hybridized carbons (Fsp3) is 0.750. The lowest BCUT2D eigenvalue weighted by Crippen LogP contribution is -1.99. The molecule has 0 atom stereocenters. The Bertz CT molecular complexity index is 176. The van der Waals surface area contributed by atoms with E-state index in [1.54, 1.807) is 0 Å². The second-order valence-corrected chi connectivity index (χ2v) is 2.54. The lowest BCUT2D eigenvalue weighted by molar-refractivity contribution is -0.140. The number of methoxy groups -OCH3 is 1.